The van der Waals surface area contributed by atoms with Crippen molar-refractivity contribution in [1.29, 1.82) is 0 Å². The van der Waals surface area contributed by atoms with Crippen molar-refractivity contribution < 1.29 is 50.4 Å². The number of nitrogens with zero attached hydrogens (tertiary/aromatic N) is 1. The first-order valence-electron chi connectivity index (χ1n) is 11.1. The van der Waals surface area contributed by atoms with Gasteiger partial charge in [-0.25, -0.2) is 0 Å². The molecule has 2 aromatic rings. The number of benzene rings is 2. The molecule has 34 heavy (non-hydrogen) atoms. The molecule has 0 spiro atoms. The zero-order valence-corrected chi connectivity index (χ0v) is 21.4. The number of carboxylic acids is 1. The SMILES string of the molecule is CC(C)(C)OC(=O)N1C[C@H]([I-]NC(=O)OCC2c3ccccc3-c3ccccc32)C[C@H]1C(=O)O. The molecule has 1 saturated heterocycles. The van der Waals surface area contributed by atoms with E-state index in [-0.39, 0.29) is 29.4 Å². The first-order valence-corrected chi connectivity index (χ1v) is 13.4. The maximum absolute atomic E-state index is 12.5. The second-order valence-electron chi connectivity index (χ2n) is 9.35. The molecule has 4 rings (SSSR count). The number of ether oxygens (including phenoxy) is 2. The summed E-state index contributed by atoms with van der Waals surface area (Å²) in [6.45, 7) is 5.67. The van der Waals surface area contributed by atoms with E-state index >= 15 is 0 Å². The van der Waals surface area contributed by atoms with Gasteiger partial charge in [-0.2, -0.15) is 0 Å². The summed E-state index contributed by atoms with van der Waals surface area (Å²) in [7, 11) is 0. The standard InChI is InChI=1S/C25H28IN2O6/c1-25(2,3)34-24(32)28-13-15(12-21(28)22(29)30)26-27-23(31)33-14-20-18-10-6-4-8-16(18)17-9-5-7-11-19(17)20/h4-11,15,20-21H,12-14H2,1-3H3,(H,27,31)(H,29,30)/q-1/t15-,21+/m1/s1. The fraction of sp³-hybridized carbons (Fsp3) is 0.400. The van der Waals surface area contributed by atoms with Gasteiger partial charge in [0.2, 0.25) is 0 Å². The number of hydrogen-bond donors (Lipinski definition) is 2. The summed E-state index contributed by atoms with van der Waals surface area (Å²) in [6.07, 6.45) is -0.879. The molecule has 0 unspecified atom stereocenters. The number of amides is 2. The molecule has 9 heteroatoms. The van der Waals surface area contributed by atoms with Crippen molar-refractivity contribution in [3.63, 3.8) is 0 Å². The van der Waals surface area contributed by atoms with Gasteiger partial charge < -0.3 is 0 Å². The first kappa shape index (κ1) is 24.3. The Labute approximate surface area is 209 Å². The predicted molar refractivity (Wildman–Crippen MR) is 121 cm³/mol. The van der Waals surface area contributed by atoms with Crippen molar-refractivity contribution in [3.8, 4) is 11.1 Å². The van der Waals surface area contributed by atoms with Crippen LogP contribution >= 0.6 is 0 Å². The van der Waals surface area contributed by atoms with Crippen LogP contribution in [-0.4, -0.2) is 56.9 Å². The molecule has 0 aromatic heterocycles. The van der Waals surface area contributed by atoms with E-state index in [4.69, 9.17) is 9.47 Å². The summed E-state index contributed by atoms with van der Waals surface area (Å²) in [5.74, 6) is -1.10. The minimum absolute atomic E-state index is 0.0260. The zero-order valence-electron chi connectivity index (χ0n) is 19.3. The number of alkyl halides is 1. The molecule has 0 saturated carbocycles. The maximum atomic E-state index is 12.5. The molecule has 0 bridgehead atoms. The quantitative estimate of drug-likeness (QED) is 0.311. The molecule has 1 aliphatic carbocycles. The van der Waals surface area contributed by atoms with Crippen molar-refractivity contribution in [1.82, 2.24) is 8.43 Å². The summed E-state index contributed by atoms with van der Waals surface area (Å²) in [5.41, 5.74) is 3.88. The Hall–Kier alpha value is -2.82. The van der Waals surface area contributed by atoms with Gasteiger partial charge in [0.15, 0.2) is 0 Å². The van der Waals surface area contributed by atoms with Crippen LogP contribution in [0.15, 0.2) is 48.5 Å². The van der Waals surface area contributed by atoms with E-state index in [1.54, 1.807) is 20.8 Å². The summed E-state index contributed by atoms with van der Waals surface area (Å²) < 4.78 is 13.7. The van der Waals surface area contributed by atoms with Gasteiger partial charge in [-0.1, -0.05) is 0 Å². The van der Waals surface area contributed by atoms with Crippen molar-refractivity contribution in [2.45, 2.75) is 48.7 Å². The van der Waals surface area contributed by atoms with Gasteiger partial charge in [0.1, 0.15) is 0 Å². The van der Waals surface area contributed by atoms with Crippen LogP contribution in [0.1, 0.15) is 44.2 Å². The molecule has 2 N–H and O–H groups in total. The summed E-state index contributed by atoms with van der Waals surface area (Å²) in [5, 5.41) is 9.54. The van der Waals surface area contributed by atoms with Crippen LogP contribution in [-0.2, 0) is 14.3 Å². The van der Waals surface area contributed by atoms with E-state index in [1.165, 1.54) is 4.90 Å². The van der Waals surface area contributed by atoms with Gasteiger partial charge in [0.25, 0.3) is 0 Å². The van der Waals surface area contributed by atoms with Crippen LogP contribution in [0.5, 0.6) is 0 Å². The monoisotopic (exact) mass is 579 g/mol. The molecule has 8 nitrogen and oxygen atoms in total. The Balaban J connectivity index is 1.32. The van der Waals surface area contributed by atoms with Crippen LogP contribution in [0.2, 0.25) is 0 Å². The number of fused-ring (bicyclic) bond motifs is 3. The van der Waals surface area contributed by atoms with E-state index in [9.17, 15) is 19.5 Å². The molecule has 2 atom stereocenters. The van der Waals surface area contributed by atoms with Crippen LogP contribution in [0.25, 0.3) is 11.1 Å². The Kier molecular flexibility index (Phi) is 7.01. The number of nitrogens with one attached hydrogen (secondary N) is 1. The van der Waals surface area contributed by atoms with E-state index in [1.807, 2.05) is 24.3 Å². The number of aliphatic carboxylic acids is 1. The van der Waals surface area contributed by atoms with Gasteiger partial charge in [-0.3, -0.25) is 0 Å². The fourth-order valence-corrected chi connectivity index (χ4v) is 6.58. The minimum atomic E-state index is -1.07. The molecule has 1 aliphatic heterocycles. The molecule has 2 aromatic carbocycles. The second kappa shape index (κ2) is 9.81. The van der Waals surface area contributed by atoms with Gasteiger partial charge in [-0.15, -0.1) is 0 Å². The van der Waals surface area contributed by atoms with Gasteiger partial charge in [0, 0.05) is 0 Å². The van der Waals surface area contributed by atoms with Crippen LogP contribution in [0.3, 0.4) is 0 Å². The molecule has 2 aliphatic rings. The molecule has 1 heterocycles. The first-order chi connectivity index (χ1) is 16.1. The Morgan fingerprint density at radius 2 is 1.65 bits per heavy atom. The van der Waals surface area contributed by atoms with E-state index < -0.39 is 51.3 Å². The Morgan fingerprint density at radius 3 is 2.21 bits per heavy atom. The summed E-state index contributed by atoms with van der Waals surface area (Å²) in [4.78, 5) is 37.8. The topological polar surface area (TPSA) is 105 Å². The van der Waals surface area contributed by atoms with Crippen molar-refractivity contribution >= 4 is 18.2 Å². The van der Waals surface area contributed by atoms with Crippen LogP contribution in [0, 0.1) is 0 Å². The average molecular weight is 579 g/mol. The van der Waals surface area contributed by atoms with Crippen molar-refractivity contribution in [2.75, 3.05) is 13.2 Å². The van der Waals surface area contributed by atoms with E-state index in [0.29, 0.717) is 0 Å². The number of carbonyl (C=O) groups excluding carboxylic acids is 2. The van der Waals surface area contributed by atoms with Gasteiger partial charge >= 0.3 is 210 Å². The molecule has 2 amide bonds. The normalized spacial score (nSPS) is 19.4. The number of hydrogen-bond acceptors (Lipinski definition) is 5. The molecule has 0 radical (unpaired) electrons. The third-order valence-electron chi connectivity index (χ3n) is 5.79. The van der Waals surface area contributed by atoms with Gasteiger partial charge in [-0.05, 0) is 0 Å². The van der Waals surface area contributed by atoms with E-state index in [2.05, 4.69) is 27.8 Å². The number of likely N-dealkylation sites (tertiary alicyclic amines) is 1. The zero-order chi connectivity index (χ0) is 24.5. The van der Waals surface area contributed by atoms with Crippen LogP contribution in [0.4, 0.5) is 9.59 Å². The van der Waals surface area contributed by atoms with Gasteiger partial charge in [0.05, 0.1) is 0 Å². The third kappa shape index (κ3) is 5.29. The summed E-state index contributed by atoms with van der Waals surface area (Å²) in [6, 6.07) is 15.3. The molecular weight excluding hydrogens is 551 g/mol. The molecular formula is C25H28IN2O6-. The Bertz CT molecular complexity index is 1050. The number of carbonyl (C=O) groups is 3. The number of rotatable bonds is 5. The van der Waals surface area contributed by atoms with Crippen LogP contribution < -0.4 is 25.0 Å². The van der Waals surface area contributed by atoms with Crippen molar-refractivity contribution in [3.05, 3.63) is 59.7 Å². The summed E-state index contributed by atoms with van der Waals surface area (Å²) >= 11 is -0.928. The average Bonchev–Trinajstić information content (AvgIpc) is 3.35. The Morgan fingerprint density at radius 1 is 1.06 bits per heavy atom. The predicted octanol–water partition coefficient (Wildman–Crippen LogP) is 0.992. The molecule has 182 valence electrons. The number of carboxylic acid groups (broad SMARTS) is 1. The van der Waals surface area contributed by atoms with E-state index in [0.717, 1.165) is 22.3 Å². The second-order valence-corrected chi connectivity index (χ2v) is 12.3. The van der Waals surface area contributed by atoms with Crippen molar-refractivity contribution in [2.24, 2.45) is 0 Å². The molecule has 1 fully saturated rings. The fourth-order valence-electron chi connectivity index (χ4n) is 4.37. The third-order valence-corrected chi connectivity index (χ3v) is 8.33. The number of halogens is 1.